The number of methoxy groups -OCH3 is 1. The highest BCUT2D eigenvalue weighted by Crippen LogP contribution is 2.35. The van der Waals surface area contributed by atoms with E-state index in [-0.39, 0.29) is 12.2 Å². The topological polar surface area (TPSA) is 69.9 Å². The molecule has 0 spiro atoms. The Bertz CT molecular complexity index is 1400. The van der Waals surface area contributed by atoms with E-state index in [0.29, 0.717) is 31.9 Å². The fourth-order valence-electron chi connectivity index (χ4n) is 3.73. The molecule has 0 unspecified atom stereocenters. The molecule has 164 valence electrons. The van der Waals surface area contributed by atoms with Crippen LogP contribution in [0.1, 0.15) is 31.0 Å². The molecule has 1 aliphatic heterocycles. The number of benzene rings is 2. The van der Waals surface area contributed by atoms with E-state index in [1.165, 1.54) is 11.3 Å². The maximum absolute atomic E-state index is 13.6. The van der Waals surface area contributed by atoms with E-state index in [4.69, 9.17) is 9.47 Å². The van der Waals surface area contributed by atoms with Crippen molar-refractivity contribution in [1.29, 1.82) is 0 Å². The molecular formula is C24H21BrN2O4S. The van der Waals surface area contributed by atoms with Crippen LogP contribution < -0.4 is 19.6 Å². The quantitative estimate of drug-likeness (QED) is 0.490. The molecule has 1 atom stereocenters. The van der Waals surface area contributed by atoms with Gasteiger partial charge in [-0.3, -0.25) is 9.36 Å². The molecule has 1 aromatic heterocycles. The van der Waals surface area contributed by atoms with Crippen molar-refractivity contribution in [2.24, 2.45) is 4.99 Å². The minimum Gasteiger partial charge on any atom is -0.496 e. The number of carbonyl (C=O) groups excluding carboxylic acids is 1. The zero-order valence-electron chi connectivity index (χ0n) is 17.8. The van der Waals surface area contributed by atoms with Gasteiger partial charge in [-0.25, -0.2) is 9.79 Å². The Morgan fingerprint density at radius 3 is 2.75 bits per heavy atom. The average Bonchev–Trinajstić information content (AvgIpc) is 3.07. The number of hydrogen-bond donors (Lipinski definition) is 0. The van der Waals surface area contributed by atoms with Gasteiger partial charge in [0.15, 0.2) is 4.80 Å². The van der Waals surface area contributed by atoms with Crippen molar-refractivity contribution in [2.75, 3.05) is 13.7 Å². The standard InChI is InChI=1S/C24H21BrN2O4S/c1-4-31-23(29)20-14(2)26-24-27(21(20)17-10-5-6-11-18(17)30-3)22(28)19(32-24)13-15-8-7-9-16(25)12-15/h5-13,21H,4H2,1-3H3/b19-13-/t21-/m1/s1. The van der Waals surface area contributed by atoms with Gasteiger partial charge in [-0.1, -0.05) is 57.6 Å². The van der Waals surface area contributed by atoms with Gasteiger partial charge < -0.3 is 9.47 Å². The third-order valence-corrected chi connectivity index (χ3v) is 6.57. The van der Waals surface area contributed by atoms with Gasteiger partial charge in [-0.05, 0) is 43.7 Å². The molecule has 0 saturated carbocycles. The fraction of sp³-hybridized carbons (Fsp3) is 0.208. The van der Waals surface area contributed by atoms with Crippen LogP contribution in [0.25, 0.3) is 6.08 Å². The lowest BCUT2D eigenvalue weighted by molar-refractivity contribution is -0.139. The van der Waals surface area contributed by atoms with E-state index < -0.39 is 12.0 Å². The monoisotopic (exact) mass is 512 g/mol. The third kappa shape index (κ3) is 4.08. The molecule has 0 amide bonds. The second-order valence-corrected chi connectivity index (χ2v) is 9.02. The van der Waals surface area contributed by atoms with Crippen molar-refractivity contribution >= 4 is 39.3 Å². The summed E-state index contributed by atoms with van der Waals surface area (Å²) >= 11 is 4.75. The van der Waals surface area contributed by atoms with Gasteiger partial charge in [0.05, 0.1) is 29.5 Å². The lowest BCUT2D eigenvalue weighted by Gasteiger charge is -2.25. The predicted octanol–water partition coefficient (Wildman–Crippen LogP) is 3.57. The van der Waals surface area contributed by atoms with Crippen molar-refractivity contribution in [2.45, 2.75) is 19.9 Å². The van der Waals surface area contributed by atoms with E-state index in [9.17, 15) is 9.59 Å². The molecule has 1 aliphatic rings. The number of ether oxygens (including phenoxy) is 2. The molecule has 8 heteroatoms. The number of thiazole rings is 1. The molecule has 0 aliphatic carbocycles. The van der Waals surface area contributed by atoms with Crippen molar-refractivity contribution < 1.29 is 14.3 Å². The van der Waals surface area contributed by atoms with Crippen LogP contribution in [0.15, 0.2) is 74.1 Å². The number of halogens is 1. The van der Waals surface area contributed by atoms with Crippen LogP contribution in [0, 0.1) is 0 Å². The minimum atomic E-state index is -0.703. The summed E-state index contributed by atoms with van der Waals surface area (Å²) in [4.78, 5) is 31.6. The number of rotatable bonds is 5. The molecule has 6 nitrogen and oxygen atoms in total. The third-order valence-electron chi connectivity index (χ3n) is 5.10. The number of esters is 1. The Kier molecular flexibility index (Phi) is 6.43. The highest BCUT2D eigenvalue weighted by Gasteiger charge is 2.34. The molecule has 4 rings (SSSR count). The van der Waals surface area contributed by atoms with Crippen LogP contribution >= 0.6 is 27.3 Å². The predicted molar refractivity (Wildman–Crippen MR) is 128 cm³/mol. The molecule has 0 bridgehead atoms. The Morgan fingerprint density at radius 1 is 1.25 bits per heavy atom. The maximum atomic E-state index is 13.6. The Labute approximate surface area is 197 Å². The molecule has 2 heterocycles. The van der Waals surface area contributed by atoms with E-state index >= 15 is 0 Å². The summed E-state index contributed by atoms with van der Waals surface area (Å²) in [6.07, 6.45) is 1.83. The molecule has 0 fully saturated rings. The van der Waals surface area contributed by atoms with E-state index in [0.717, 1.165) is 10.0 Å². The number of nitrogens with zero attached hydrogens (tertiary/aromatic N) is 2. The fourth-order valence-corrected chi connectivity index (χ4v) is 5.19. The van der Waals surface area contributed by atoms with Gasteiger partial charge in [0.1, 0.15) is 11.8 Å². The Balaban J connectivity index is 2.00. The minimum absolute atomic E-state index is 0.223. The first kappa shape index (κ1) is 22.2. The number of para-hydroxylation sites is 1. The van der Waals surface area contributed by atoms with Crippen molar-refractivity contribution in [3.8, 4) is 5.75 Å². The lowest BCUT2D eigenvalue weighted by Crippen LogP contribution is -2.40. The number of allylic oxidation sites excluding steroid dienone is 1. The van der Waals surface area contributed by atoms with Gasteiger partial charge in [-0.2, -0.15) is 0 Å². The van der Waals surface area contributed by atoms with Crippen LogP contribution in [0.4, 0.5) is 0 Å². The van der Waals surface area contributed by atoms with Gasteiger partial charge >= 0.3 is 5.97 Å². The Morgan fingerprint density at radius 2 is 2.03 bits per heavy atom. The number of fused-ring (bicyclic) bond motifs is 1. The number of hydrogen-bond acceptors (Lipinski definition) is 6. The SMILES string of the molecule is CCOC(=O)C1=C(C)N=c2s/c(=C\c3cccc(Br)c3)c(=O)n2[C@@H]1c1ccccc1OC. The molecular weight excluding hydrogens is 492 g/mol. The van der Waals surface area contributed by atoms with Crippen LogP contribution in [0.2, 0.25) is 0 Å². The zero-order valence-corrected chi connectivity index (χ0v) is 20.2. The van der Waals surface area contributed by atoms with Gasteiger partial charge in [-0.15, -0.1) is 0 Å². The molecule has 2 aromatic carbocycles. The largest absolute Gasteiger partial charge is 0.496 e. The second kappa shape index (κ2) is 9.26. The van der Waals surface area contributed by atoms with Crippen molar-refractivity contribution in [3.63, 3.8) is 0 Å². The van der Waals surface area contributed by atoms with Crippen LogP contribution in [0.5, 0.6) is 5.75 Å². The summed E-state index contributed by atoms with van der Waals surface area (Å²) in [5, 5.41) is 0. The highest BCUT2D eigenvalue weighted by atomic mass is 79.9. The maximum Gasteiger partial charge on any atom is 0.338 e. The van der Waals surface area contributed by atoms with Crippen molar-refractivity contribution in [3.05, 3.63) is 95.1 Å². The van der Waals surface area contributed by atoms with Crippen LogP contribution in [-0.4, -0.2) is 24.3 Å². The van der Waals surface area contributed by atoms with Gasteiger partial charge in [0.25, 0.3) is 5.56 Å². The normalized spacial score (nSPS) is 15.9. The summed E-state index contributed by atoms with van der Waals surface area (Å²) in [6.45, 7) is 3.74. The first-order valence-electron chi connectivity index (χ1n) is 10.0. The van der Waals surface area contributed by atoms with Crippen LogP contribution in [0.3, 0.4) is 0 Å². The van der Waals surface area contributed by atoms with E-state index in [2.05, 4.69) is 20.9 Å². The summed E-state index contributed by atoms with van der Waals surface area (Å²) in [7, 11) is 1.57. The summed E-state index contributed by atoms with van der Waals surface area (Å²) in [6, 6.07) is 14.4. The van der Waals surface area contributed by atoms with E-state index in [1.54, 1.807) is 25.5 Å². The first-order chi connectivity index (χ1) is 15.4. The molecule has 0 N–H and O–H groups in total. The lowest BCUT2D eigenvalue weighted by atomic mass is 9.95. The smallest absolute Gasteiger partial charge is 0.338 e. The molecule has 0 radical (unpaired) electrons. The van der Waals surface area contributed by atoms with E-state index in [1.807, 2.05) is 54.6 Å². The second-order valence-electron chi connectivity index (χ2n) is 7.10. The van der Waals surface area contributed by atoms with Crippen LogP contribution in [-0.2, 0) is 9.53 Å². The summed E-state index contributed by atoms with van der Waals surface area (Å²) < 4.78 is 13.9. The van der Waals surface area contributed by atoms with Gasteiger partial charge in [0.2, 0.25) is 0 Å². The molecule has 32 heavy (non-hydrogen) atoms. The molecule has 3 aromatic rings. The highest BCUT2D eigenvalue weighted by molar-refractivity contribution is 9.10. The summed E-state index contributed by atoms with van der Waals surface area (Å²) in [5.74, 6) is 0.0847. The Hall–Kier alpha value is -2.97. The number of carbonyl (C=O) groups is 1. The van der Waals surface area contributed by atoms with Crippen molar-refractivity contribution in [1.82, 2.24) is 4.57 Å². The first-order valence-corrected chi connectivity index (χ1v) is 11.6. The zero-order chi connectivity index (χ0) is 22.8. The summed E-state index contributed by atoms with van der Waals surface area (Å²) in [5.41, 5.74) is 2.22. The number of aromatic nitrogens is 1. The average molecular weight is 513 g/mol. The molecule has 0 saturated heterocycles. The van der Waals surface area contributed by atoms with Gasteiger partial charge in [0, 0.05) is 10.0 Å².